The van der Waals surface area contributed by atoms with Gasteiger partial charge >= 0.3 is 0 Å². The Balaban J connectivity index is 2.02. The van der Waals surface area contributed by atoms with Crippen LogP contribution in [0, 0.1) is 0 Å². The zero-order valence-corrected chi connectivity index (χ0v) is 10.3. The summed E-state index contributed by atoms with van der Waals surface area (Å²) in [5.41, 5.74) is 2.98. The summed E-state index contributed by atoms with van der Waals surface area (Å²) in [6.07, 6.45) is 3.76. The summed E-state index contributed by atoms with van der Waals surface area (Å²) < 4.78 is 0. The molecule has 0 aromatic carbocycles. The average Bonchev–Trinajstić information content (AvgIpc) is 2.82. The Kier molecular flexibility index (Phi) is 3.64. The SMILES string of the molecule is C[C@H](c1ccccn1)N(C)Cc1cncs1. The van der Waals surface area contributed by atoms with E-state index >= 15 is 0 Å². The first-order valence-electron chi connectivity index (χ1n) is 5.26. The zero-order chi connectivity index (χ0) is 11.4. The summed E-state index contributed by atoms with van der Waals surface area (Å²) in [7, 11) is 2.11. The number of hydrogen-bond acceptors (Lipinski definition) is 4. The summed E-state index contributed by atoms with van der Waals surface area (Å²) in [5.74, 6) is 0. The lowest BCUT2D eigenvalue weighted by atomic mass is 10.2. The van der Waals surface area contributed by atoms with Gasteiger partial charge in [0.2, 0.25) is 0 Å². The maximum atomic E-state index is 4.38. The fourth-order valence-electron chi connectivity index (χ4n) is 1.55. The average molecular weight is 233 g/mol. The maximum absolute atomic E-state index is 4.38. The molecule has 2 rings (SSSR count). The van der Waals surface area contributed by atoms with Gasteiger partial charge in [0.25, 0.3) is 0 Å². The van der Waals surface area contributed by atoms with E-state index in [1.165, 1.54) is 4.88 Å². The molecule has 16 heavy (non-hydrogen) atoms. The van der Waals surface area contributed by atoms with Crippen molar-refractivity contribution >= 4 is 11.3 Å². The molecule has 0 aliphatic carbocycles. The molecular formula is C12H15N3S. The van der Waals surface area contributed by atoms with Gasteiger partial charge in [-0.1, -0.05) is 6.07 Å². The van der Waals surface area contributed by atoms with E-state index < -0.39 is 0 Å². The first kappa shape index (κ1) is 11.2. The number of rotatable bonds is 4. The molecule has 4 heteroatoms. The lowest BCUT2D eigenvalue weighted by Crippen LogP contribution is -2.22. The molecule has 0 fully saturated rings. The first-order chi connectivity index (χ1) is 7.77. The second kappa shape index (κ2) is 5.18. The van der Waals surface area contributed by atoms with E-state index in [1.54, 1.807) is 11.3 Å². The van der Waals surface area contributed by atoms with Crippen molar-refractivity contribution in [1.82, 2.24) is 14.9 Å². The quantitative estimate of drug-likeness (QED) is 0.813. The zero-order valence-electron chi connectivity index (χ0n) is 9.50. The van der Waals surface area contributed by atoms with Crippen molar-refractivity contribution in [2.24, 2.45) is 0 Å². The molecule has 1 atom stereocenters. The predicted molar refractivity (Wildman–Crippen MR) is 66.2 cm³/mol. The van der Waals surface area contributed by atoms with Crippen molar-refractivity contribution in [3.05, 3.63) is 46.7 Å². The molecule has 2 aromatic heterocycles. The number of pyridine rings is 1. The van der Waals surface area contributed by atoms with Crippen LogP contribution in [0.3, 0.4) is 0 Å². The standard InChI is InChI=1S/C12H15N3S/c1-10(12-5-3-4-6-14-12)15(2)8-11-7-13-9-16-11/h3-7,9-10H,8H2,1-2H3/t10-/m1/s1. The van der Waals surface area contributed by atoms with E-state index in [1.807, 2.05) is 30.0 Å². The lowest BCUT2D eigenvalue weighted by Gasteiger charge is -2.23. The second-order valence-corrected chi connectivity index (χ2v) is 4.78. The van der Waals surface area contributed by atoms with Crippen LogP contribution in [0.2, 0.25) is 0 Å². The Labute approximate surface area is 99.8 Å². The molecule has 0 spiro atoms. The molecule has 84 valence electrons. The molecular weight excluding hydrogens is 218 g/mol. The molecule has 0 amide bonds. The number of aromatic nitrogens is 2. The predicted octanol–water partition coefficient (Wildman–Crippen LogP) is 2.73. The van der Waals surface area contributed by atoms with Crippen LogP contribution in [0.4, 0.5) is 0 Å². The Hall–Kier alpha value is -1.26. The van der Waals surface area contributed by atoms with Gasteiger partial charge < -0.3 is 0 Å². The van der Waals surface area contributed by atoms with Gasteiger partial charge in [0.05, 0.1) is 11.2 Å². The van der Waals surface area contributed by atoms with Gasteiger partial charge in [-0.05, 0) is 26.1 Å². The minimum Gasteiger partial charge on any atom is -0.293 e. The van der Waals surface area contributed by atoms with E-state index in [0.29, 0.717) is 6.04 Å². The van der Waals surface area contributed by atoms with Crippen molar-refractivity contribution in [1.29, 1.82) is 0 Å². The highest BCUT2D eigenvalue weighted by Crippen LogP contribution is 2.19. The molecule has 0 unspecified atom stereocenters. The summed E-state index contributed by atoms with van der Waals surface area (Å²) in [6.45, 7) is 3.09. The molecule has 2 heterocycles. The Morgan fingerprint density at radius 1 is 1.44 bits per heavy atom. The summed E-state index contributed by atoms with van der Waals surface area (Å²) >= 11 is 1.69. The van der Waals surface area contributed by atoms with E-state index in [0.717, 1.165) is 12.2 Å². The Morgan fingerprint density at radius 2 is 2.31 bits per heavy atom. The smallest absolute Gasteiger partial charge is 0.0794 e. The Bertz CT molecular complexity index is 413. The van der Waals surface area contributed by atoms with Gasteiger partial charge in [-0.25, -0.2) is 0 Å². The molecule has 0 saturated carbocycles. The minimum absolute atomic E-state index is 0.322. The van der Waals surface area contributed by atoms with Gasteiger partial charge in [-0.3, -0.25) is 14.9 Å². The van der Waals surface area contributed by atoms with Crippen LogP contribution in [0.5, 0.6) is 0 Å². The molecule has 0 bridgehead atoms. The van der Waals surface area contributed by atoms with E-state index in [-0.39, 0.29) is 0 Å². The topological polar surface area (TPSA) is 29.0 Å². The van der Waals surface area contributed by atoms with Gasteiger partial charge in [0.15, 0.2) is 0 Å². The third-order valence-corrected chi connectivity index (χ3v) is 3.43. The number of nitrogens with zero attached hydrogens (tertiary/aromatic N) is 3. The van der Waals surface area contributed by atoms with E-state index in [4.69, 9.17) is 0 Å². The summed E-state index contributed by atoms with van der Waals surface area (Å²) in [5, 5.41) is 0. The molecule has 0 N–H and O–H groups in total. The van der Waals surface area contributed by atoms with Crippen LogP contribution in [0.15, 0.2) is 36.1 Å². The van der Waals surface area contributed by atoms with Gasteiger partial charge in [0.1, 0.15) is 0 Å². The van der Waals surface area contributed by atoms with Crippen LogP contribution in [-0.2, 0) is 6.54 Å². The van der Waals surface area contributed by atoms with Crippen molar-refractivity contribution in [3.8, 4) is 0 Å². The molecule has 0 radical (unpaired) electrons. The maximum Gasteiger partial charge on any atom is 0.0794 e. The van der Waals surface area contributed by atoms with E-state index in [9.17, 15) is 0 Å². The fourth-order valence-corrected chi connectivity index (χ4v) is 2.21. The van der Waals surface area contributed by atoms with Crippen molar-refractivity contribution < 1.29 is 0 Å². The highest BCUT2D eigenvalue weighted by Gasteiger charge is 2.13. The fraction of sp³-hybridized carbons (Fsp3) is 0.333. The normalized spacial score (nSPS) is 12.9. The molecule has 0 aliphatic heterocycles. The molecule has 3 nitrogen and oxygen atoms in total. The van der Waals surface area contributed by atoms with Crippen LogP contribution in [0.1, 0.15) is 23.5 Å². The molecule has 0 saturated heterocycles. The van der Waals surface area contributed by atoms with Gasteiger partial charge in [-0.15, -0.1) is 11.3 Å². The molecule has 0 aliphatic rings. The summed E-state index contributed by atoms with van der Waals surface area (Å²) in [6, 6.07) is 6.36. The van der Waals surface area contributed by atoms with Gasteiger partial charge in [0, 0.05) is 29.9 Å². The molecule has 2 aromatic rings. The van der Waals surface area contributed by atoms with E-state index in [2.05, 4.69) is 34.9 Å². The van der Waals surface area contributed by atoms with Crippen molar-refractivity contribution in [3.63, 3.8) is 0 Å². The van der Waals surface area contributed by atoms with Crippen LogP contribution in [0.25, 0.3) is 0 Å². The first-order valence-corrected chi connectivity index (χ1v) is 6.14. The third kappa shape index (κ3) is 2.65. The van der Waals surface area contributed by atoms with Crippen LogP contribution < -0.4 is 0 Å². The number of thiazole rings is 1. The van der Waals surface area contributed by atoms with Crippen molar-refractivity contribution in [2.45, 2.75) is 19.5 Å². The van der Waals surface area contributed by atoms with Crippen LogP contribution >= 0.6 is 11.3 Å². The lowest BCUT2D eigenvalue weighted by molar-refractivity contribution is 0.250. The number of hydrogen-bond donors (Lipinski definition) is 0. The highest BCUT2D eigenvalue weighted by molar-refractivity contribution is 7.09. The van der Waals surface area contributed by atoms with Crippen LogP contribution in [-0.4, -0.2) is 21.9 Å². The monoisotopic (exact) mass is 233 g/mol. The van der Waals surface area contributed by atoms with Gasteiger partial charge in [-0.2, -0.15) is 0 Å². The Morgan fingerprint density at radius 3 is 2.94 bits per heavy atom. The minimum atomic E-state index is 0.322. The largest absolute Gasteiger partial charge is 0.293 e. The third-order valence-electron chi connectivity index (χ3n) is 2.67. The second-order valence-electron chi connectivity index (χ2n) is 3.81. The van der Waals surface area contributed by atoms with Crippen molar-refractivity contribution in [2.75, 3.05) is 7.05 Å². The highest BCUT2D eigenvalue weighted by atomic mass is 32.1. The summed E-state index contributed by atoms with van der Waals surface area (Å²) in [4.78, 5) is 12.0.